The number of hydrogen-bond donors (Lipinski definition) is 3. The van der Waals surface area contributed by atoms with Gasteiger partial charge in [-0.1, -0.05) is 41.5 Å². The fourth-order valence-electron chi connectivity index (χ4n) is 4.99. The molecule has 14 heteroatoms. The largest absolute Gasteiger partial charge is 0.462 e. The van der Waals surface area contributed by atoms with Gasteiger partial charge in [0.25, 0.3) is 11.8 Å². The first-order valence-electron chi connectivity index (χ1n) is 15.8. The van der Waals surface area contributed by atoms with Crippen LogP contribution in [0.1, 0.15) is 86.5 Å². The average molecular weight is 665 g/mol. The third-order valence-corrected chi connectivity index (χ3v) is 6.76. The van der Waals surface area contributed by atoms with Gasteiger partial charge in [0.05, 0.1) is 6.61 Å². The van der Waals surface area contributed by atoms with Crippen LogP contribution in [0.15, 0.2) is 51.6 Å². The maximum Gasteiger partial charge on any atom is 0.343 e. The number of hydrogen-bond acceptors (Lipinski definition) is 8. The number of nitrogens with zero attached hydrogens (tertiary/aromatic N) is 3. The molecule has 0 aliphatic heterocycles. The van der Waals surface area contributed by atoms with Gasteiger partial charge >= 0.3 is 5.97 Å². The second-order valence-electron chi connectivity index (χ2n) is 12.8. The van der Waals surface area contributed by atoms with E-state index in [1.165, 1.54) is 44.1 Å². The summed E-state index contributed by atoms with van der Waals surface area (Å²) in [6.45, 7) is 15.7. The summed E-state index contributed by atoms with van der Waals surface area (Å²) < 4.78 is 9.77. The number of ether oxygens (including phenoxy) is 1. The molecule has 14 nitrogen and oxygen atoms in total. The van der Waals surface area contributed by atoms with Crippen molar-refractivity contribution in [2.45, 2.75) is 75.0 Å². The van der Waals surface area contributed by atoms with Crippen molar-refractivity contribution in [3.8, 4) is 0 Å². The van der Waals surface area contributed by atoms with Gasteiger partial charge in [-0.25, -0.2) is 4.79 Å². The second kappa shape index (κ2) is 16.0. The number of carbonyl (C=O) groups excluding carboxylic acids is 4. The zero-order chi connectivity index (χ0) is 35.9. The maximum atomic E-state index is 13.7. The van der Waals surface area contributed by atoms with E-state index in [-0.39, 0.29) is 52.5 Å². The first kappa shape index (κ1) is 37.2. The molecule has 0 aromatic carbocycles. The van der Waals surface area contributed by atoms with E-state index in [1.807, 2.05) is 41.5 Å². The molecule has 3 amide bonds. The van der Waals surface area contributed by atoms with Crippen LogP contribution >= 0.6 is 0 Å². The highest BCUT2D eigenvalue weighted by atomic mass is 16.5. The van der Waals surface area contributed by atoms with Crippen molar-refractivity contribution >= 4 is 40.8 Å². The van der Waals surface area contributed by atoms with Gasteiger partial charge in [0.1, 0.15) is 33.8 Å². The Hall–Kier alpha value is -5.27. The zero-order valence-electron chi connectivity index (χ0n) is 28.6. The summed E-state index contributed by atoms with van der Waals surface area (Å²) in [5.41, 5.74) is -4.04. The number of amides is 3. The molecule has 0 bridgehead atoms. The molecule has 258 valence electrons. The number of aromatic nitrogens is 3. The van der Waals surface area contributed by atoms with Gasteiger partial charge < -0.3 is 34.4 Å². The van der Waals surface area contributed by atoms with Crippen molar-refractivity contribution in [1.82, 2.24) is 13.7 Å². The van der Waals surface area contributed by atoms with Crippen LogP contribution in [0, 0.1) is 17.8 Å². The smallest absolute Gasteiger partial charge is 0.343 e. The van der Waals surface area contributed by atoms with Crippen molar-refractivity contribution in [3.63, 3.8) is 0 Å². The zero-order valence-corrected chi connectivity index (χ0v) is 28.6. The first-order valence-corrected chi connectivity index (χ1v) is 15.8. The van der Waals surface area contributed by atoms with Crippen LogP contribution in [0.3, 0.4) is 0 Å². The van der Waals surface area contributed by atoms with Crippen LogP contribution in [-0.2, 0) is 29.2 Å². The average Bonchev–Trinajstić information content (AvgIpc) is 2.96. The Kier molecular flexibility index (Phi) is 12.4. The quantitative estimate of drug-likeness (QED) is 0.231. The van der Waals surface area contributed by atoms with Gasteiger partial charge in [0, 0.05) is 63.7 Å². The predicted molar refractivity (Wildman–Crippen MR) is 183 cm³/mol. The Labute approximate surface area is 278 Å². The molecule has 0 aliphatic carbocycles. The highest BCUT2D eigenvalue weighted by Crippen LogP contribution is 2.14. The highest BCUT2D eigenvalue weighted by Gasteiger charge is 2.23. The molecule has 3 rings (SSSR count). The van der Waals surface area contributed by atoms with Crippen LogP contribution in [0.2, 0.25) is 0 Å². The standard InChI is InChI=1S/C34H44N6O8/c1-9-48-34(47)25-15-40(12-21(6)7)18-28(31(25)44)37-33(46)24-14-39(11-20(4)5)17-27(30(24)43)36-32(45)23-13-38(10-19(2)3)16-26(29(23)42)35-22(8)41/h13-21H,9-12H2,1-8H3,(H,35,41)(H,36,45)(H,37,46). The second-order valence-corrected chi connectivity index (χ2v) is 12.8. The van der Waals surface area contributed by atoms with Gasteiger partial charge in [-0.2, -0.15) is 0 Å². The van der Waals surface area contributed by atoms with Gasteiger partial charge in [-0.3, -0.25) is 28.8 Å². The van der Waals surface area contributed by atoms with E-state index < -0.39 is 45.5 Å². The SMILES string of the molecule is CCOC(=O)c1cn(CC(C)C)cc(NC(=O)c2cn(CC(C)C)cc(NC(=O)c3cn(CC(C)C)cc(NC(C)=O)c3=O)c2=O)c1=O. The summed E-state index contributed by atoms with van der Waals surface area (Å²) in [6.07, 6.45) is 8.18. The summed E-state index contributed by atoms with van der Waals surface area (Å²) in [5.74, 6) is -2.89. The Balaban J connectivity index is 2.10. The minimum atomic E-state index is -0.949. The fraction of sp³-hybridized carbons (Fsp3) is 0.441. The molecular weight excluding hydrogens is 620 g/mol. The lowest BCUT2D eigenvalue weighted by atomic mass is 10.1. The van der Waals surface area contributed by atoms with Crippen LogP contribution < -0.4 is 32.2 Å². The van der Waals surface area contributed by atoms with E-state index >= 15 is 0 Å². The Morgan fingerprint density at radius 3 is 1.25 bits per heavy atom. The van der Waals surface area contributed by atoms with Gasteiger partial charge in [0.2, 0.25) is 22.2 Å². The fourth-order valence-corrected chi connectivity index (χ4v) is 4.99. The van der Waals surface area contributed by atoms with E-state index in [1.54, 1.807) is 20.6 Å². The molecule has 0 aliphatic rings. The van der Waals surface area contributed by atoms with Crippen molar-refractivity contribution in [2.24, 2.45) is 17.8 Å². The van der Waals surface area contributed by atoms with E-state index in [2.05, 4.69) is 16.0 Å². The predicted octanol–water partition coefficient (Wildman–Crippen LogP) is 3.78. The number of anilines is 3. The summed E-state index contributed by atoms with van der Waals surface area (Å²) in [6, 6.07) is 0. The molecular formula is C34H44N6O8. The number of nitrogens with one attached hydrogen (secondary N) is 3. The summed E-state index contributed by atoms with van der Waals surface area (Å²) >= 11 is 0. The maximum absolute atomic E-state index is 13.7. The van der Waals surface area contributed by atoms with Crippen LogP contribution in [0.4, 0.5) is 17.1 Å². The van der Waals surface area contributed by atoms with Crippen LogP contribution in [0.5, 0.6) is 0 Å². The van der Waals surface area contributed by atoms with Crippen molar-refractivity contribution < 1.29 is 23.9 Å². The van der Waals surface area contributed by atoms with E-state index in [9.17, 15) is 33.6 Å². The lowest BCUT2D eigenvalue weighted by Gasteiger charge is -2.17. The topological polar surface area (TPSA) is 180 Å². The van der Waals surface area contributed by atoms with Crippen LogP contribution in [-0.4, -0.2) is 44.0 Å². The van der Waals surface area contributed by atoms with Crippen LogP contribution in [0.25, 0.3) is 0 Å². The molecule has 0 saturated heterocycles. The van der Waals surface area contributed by atoms with Crippen molar-refractivity contribution in [3.05, 3.63) is 84.5 Å². The van der Waals surface area contributed by atoms with Gasteiger partial charge in [-0.05, 0) is 24.7 Å². The molecule has 0 fully saturated rings. The van der Waals surface area contributed by atoms with E-state index in [0.717, 1.165) is 0 Å². The molecule has 3 aromatic heterocycles. The normalized spacial score (nSPS) is 11.1. The Bertz CT molecular complexity index is 1880. The van der Waals surface area contributed by atoms with E-state index in [0.29, 0.717) is 19.6 Å². The Morgan fingerprint density at radius 2 is 0.917 bits per heavy atom. The monoisotopic (exact) mass is 664 g/mol. The number of esters is 1. The lowest BCUT2D eigenvalue weighted by molar-refractivity contribution is -0.114. The third kappa shape index (κ3) is 9.62. The summed E-state index contributed by atoms with van der Waals surface area (Å²) in [7, 11) is 0. The molecule has 0 saturated carbocycles. The van der Waals surface area contributed by atoms with E-state index in [4.69, 9.17) is 4.74 Å². The van der Waals surface area contributed by atoms with Gasteiger partial charge in [-0.15, -0.1) is 0 Å². The molecule has 3 N–H and O–H groups in total. The molecule has 3 aromatic rings. The first-order chi connectivity index (χ1) is 22.5. The number of carbonyl (C=O) groups is 4. The van der Waals surface area contributed by atoms with Crippen molar-refractivity contribution in [2.75, 3.05) is 22.6 Å². The highest BCUT2D eigenvalue weighted by molar-refractivity contribution is 6.07. The molecule has 0 radical (unpaired) electrons. The summed E-state index contributed by atoms with van der Waals surface area (Å²) in [4.78, 5) is 91.6. The minimum absolute atomic E-state index is 0.0377. The molecule has 48 heavy (non-hydrogen) atoms. The number of pyridine rings is 3. The molecule has 0 atom stereocenters. The third-order valence-electron chi connectivity index (χ3n) is 6.76. The van der Waals surface area contributed by atoms with Crippen molar-refractivity contribution in [1.29, 1.82) is 0 Å². The molecule has 3 heterocycles. The Morgan fingerprint density at radius 1 is 0.583 bits per heavy atom. The lowest BCUT2D eigenvalue weighted by Crippen LogP contribution is -2.32. The molecule has 0 spiro atoms. The summed E-state index contributed by atoms with van der Waals surface area (Å²) in [5, 5.41) is 7.39. The van der Waals surface area contributed by atoms with Gasteiger partial charge in [0.15, 0.2) is 0 Å². The molecule has 0 unspecified atom stereocenters. The number of rotatable bonds is 13. The minimum Gasteiger partial charge on any atom is -0.462 e.